The minimum absolute atomic E-state index is 0. The first kappa shape index (κ1) is 16.0. The van der Waals surface area contributed by atoms with Gasteiger partial charge in [-0.25, -0.2) is 0 Å². The Morgan fingerprint density at radius 2 is 1.25 bits per heavy atom. The summed E-state index contributed by atoms with van der Waals surface area (Å²) in [6, 6.07) is 0. The van der Waals surface area contributed by atoms with E-state index in [9.17, 15) is 0 Å². The summed E-state index contributed by atoms with van der Waals surface area (Å²) in [6.45, 7) is 2.00. The van der Waals surface area contributed by atoms with Gasteiger partial charge in [-0.3, -0.25) is 0 Å². The van der Waals surface area contributed by atoms with Crippen LogP contribution in [0.25, 0.3) is 0 Å². The van der Waals surface area contributed by atoms with Crippen molar-refractivity contribution < 1.29 is 46.6 Å². The first-order valence-corrected chi connectivity index (χ1v) is 2.08. The van der Waals surface area contributed by atoms with E-state index in [-0.39, 0.29) is 41.9 Å². The molecule has 52 valence electrons. The predicted molar refractivity (Wildman–Crippen MR) is 20.1 cm³/mol. The Labute approximate surface area is 72.8 Å². The molecule has 1 aliphatic heterocycles. The van der Waals surface area contributed by atoms with Gasteiger partial charge in [0, 0.05) is 13.2 Å². The SMILES string of the molecule is C1CCOC1.[Cl-].[Cl-].[Fe+2]. The molecule has 0 atom stereocenters. The van der Waals surface area contributed by atoms with Crippen LogP contribution in [0.5, 0.6) is 0 Å². The molecule has 1 aliphatic rings. The average Bonchev–Trinajstić information content (AvgIpc) is 1.76. The molecule has 0 unspecified atom stereocenters. The van der Waals surface area contributed by atoms with Crippen LogP contribution in [0.3, 0.4) is 0 Å². The van der Waals surface area contributed by atoms with E-state index in [0.717, 1.165) is 13.2 Å². The van der Waals surface area contributed by atoms with Crippen molar-refractivity contribution in [1.82, 2.24) is 0 Å². The monoisotopic (exact) mass is 198 g/mol. The summed E-state index contributed by atoms with van der Waals surface area (Å²) in [5, 5.41) is 0. The maximum Gasteiger partial charge on any atom is 2.00 e. The number of hydrogen-bond donors (Lipinski definition) is 0. The quantitative estimate of drug-likeness (QED) is 0.354. The maximum atomic E-state index is 4.94. The van der Waals surface area contributed by atoms with E-state index in [1.165, 1.54) is 12.8 Å². The molecule has 8 heavy (non-hydrogen) atoms. The van der Waals surface area contributed by atoms with Gasteiger partial charge in [0.1, 0.15) is 0 Å². The van der Waals surface area contributed by atoms with Crippen LogP contribution in [0.2, 0.25) is 0 Å². The van der Waals surface area contributed by atoms with Gasteiger partial charge >= 0.3 is 17.1 Å². The normalized spacial score (nSPS) is 15.0. The zero-order chi connectivity index (χ0) is 3.54. The maximum absolute atomic E-state index is 4.94. The Kier molecular flexibility index (Phi) is 21.9. The van der Waals surface area contributed by atoms with Crippen molar-refractivity contribution in [2.45, 2.75) is 12.8 Å². The van der Waals surface area contributed by atoms with E-state index in [2.05, 4.69) is 0 Å². The minimum Gasteiger partial charge on any atom is -1.00 e. The molecular formula is C4H8Cl2FeO. The van der Waals surface area contributed by atoms with Gasteiger partial charge in [0.15, 0.2) is 0 Å². The van der Waals surface area contributed by atoms with Crippen LogP contribution >= 0.6 is 0 Å². The molecule has 1 nitrogen and oxygen atoms in total. The smallest absolute Gasteiger partial charge is 1.00 e. The molecule has 0 amide bonds. The van der Waals surface area contributed by atoms with Crippen LogP contribution in [0.4, 0.5) is 0 Å². The molecule has 1 fully saturated rings. The Morgan fingerprint density at radius 3 is 1.38 bits per heavy atom. The third-order valence-electron chi connectivity index (χ3n) is 0.827. The van der Waals surface area contributed by atoms with Crippen LogP contribution in [-0.4, -0.2) is 13.2 Å². The van der Waals surface area contributed by atoms with E-state index in [1.807, 2.05) is 0 Å². The van der Waals surface area contributed by atoms with E-state index in [0.29, 0.717) is 0 Å². The van der Waals surface area contributed by atoms with Crippen molar-refractivity contribution in [2.24, 2.45) is 0 Å². The number of rotatable bonds is 0. The van der Waals surface area contributed by atoms with Gasteiger partial charge in [-0.15, -0.1) is 0 Å². The number of ether oxygens (including phenoxy) is 1. The van der Waals surface area contributed by atoms with E-state index in [4.69, 9.17) is 4.74 Å². The van der Waals surface area contributed by atoms with Crippen molar-refractivity contribution in [3.05, 3.63) is 0 Å². The van der Waals surface area contributed by atoms with Gasteiger partial charge in [0.2, 0.25) is 0 Å². The summed E-state index contributed by atoms with van der Waals surface area (Å²) < 4.78 is 4.94. The molecule has 1 rings (SSSR count). The van der Waals surface area contributed by atoms with E-state index < -0.39 is 0 Å². The summed E-state index contributed by atoms with van der Waals surface area (Å²) in [6.07, 6.45) is 2.56. The topological polar surface area (TPSA) is 9.23 Å². The van der Waals surface area contributed by atoms with Gasteiger partial charge in [0.25, 0.3) is 0 Å². The van der Waals surface area contributed by atoms with Crippen LogP contribution in [0.15, 0.2) is 0 Å². The molecule has 0 aliphatic carbocycles. The average molecular weight is 199 g/mol. The van der Waals surface area contributed by atoms with Gasteiger partial charge in [-0.1, -0.05) is 0 Å². The minimum atomic E-state index is 0. The van der Waals surface area contributed by atoms with Gasteiger partial charge < -0.3 is 29.6 Å². The second-order valence-electron chi connectivity index (χ2n) is 1.32. The molecule has 0 aromatic rings. The second kappa shape index (κ2) is 10.9. The molecule has 0 N–H and O–H groups in total. The van der Waals surface area contributed by atoms with Crippen molar-refractivity contribution >= 4 is 0 Å². The van der Waals surface area contributed by atoms with Crippen molar-refractivity contribution in [3.63, 3.8) is 0 Å². The fraction of sp³-hybridized carbons (Fsp3) is 1.00. The summed E-state index contributed by atoms with van der Waals surface area (Å²) >= 11 is 0. The van der Waals surface area contributed by atoms with Crippen LogP contribution in [-0.2, 0) is 21.8 Å². The third kappa shape index (κ3) is 7.06. The molecule has 0 aromatic carbocycles. The molecule has 1 heterocycles. The van der Waals surface area contributed by atoms with Crippen molar-refractivity contribution in [1.29, 1.82) is 0 Å². The molecule has 0 spiro atoms. The first-order chi connectivity index (χ1) is 2.50. The number of hydrogen-bond acceptors (Lipinski definition) is 1. The molecule has 0 radical (unpaired) electrons. The summed E-state index contributed by atoms with van der Waals surface area (Å²) in [7, 11) is 0. The molecule has 0 bridgehead atoms. The predicted octanol–water partition coefficient (Wildman–Crippen LogP) is -5.20. The van der Waals surface area contributed by atoms with Crippen LogP contribution in [0.1, 0.15) is 12.8 Å². The molecule has 1 saturated heterocycles. The summed E-state index contributed by atoms with van der Waals surface area (Å²) in [5.74, 6) is 0. The van der Waals surface area contributed by atoms with Crippen molar-refractivity contribution in [2.75, 3.05) is 13.2 Å². The standard InChI is InChI=1S/C4H8O.2ClH.Fe/c1-2-4-5-3-1;;;/h1-4H2;2*1H;/q;;;+2/p-2. The second-order valence-corrected chi connectivity index (χ2v) is 1.32. The van der Waals surface area contributed by atoms with Gasteiger partial charge in [0.05, 0.1) is 0 Å². The fourth-order valence-corrected chi connectivity index (χ4v) is 0.510. The van der Waals surface area contributed by atoms with Crippen LogP contribution < -0.4 is 24.8 Å². The summed E-state index contributed by atoms with van der Waals surface area (Å²) in [5.41, 5.74) is 0. The Hall–Kier alpha value is 1.06. The molecule has 0 saturated carbocycles. The molecule has 4 heteroatoms. The largest absolute Gasteiger partial charge is 2.00 e. The van der Waals surface area contributed by atoms with E-state index >= 15 is 0 Å². The first-order valence-electron chi connectivity index (χ1n) is 2.08. The zero-order valence-electron chi connectivity index (χ0n) is 4.35. The third-order valence-corrected chi connectivity index (χ3v) is 0.827. The zero-order valence-corrected chi connectivity index (χ0v) is 6.96. The van der Waals surface area contributed by atoms with Crippen LogP contribution in [0, 0.1) is 0 Å². The Morgan fingerprint density at radius 1 is 0.875 bits per heavy atom. The van der Waals surface area contributed by atoms with E-state index in [1.54, 1.807) is 0 Å². The molecule has 0 aromatic heterocycles. The fourth-order valence-electron chi connectivity index (χ4n) is 0.510. The van der Waals surface area contributed by atoms with Gasteiger partial charge in [-0.05, 0) is 12.8 Å². The van der Waals surface area contributed by atoms with Gasteiger partial charge in [-0.2, -0.15) is 0 Å². The number of halogens is 2. The Balaban J connectivity index is -0.0000000833. The van der Waals surface area contributed by atoms with Crippen molar-refractivity contribution in [3.8, 4) is 0 Å². The summed E-state index contributed by atoms with van der Waals surface area (Å²) in [4.78, 5) is 0. The molecular weight excluding hydrogens is 191 g/mol. The Bertz CT molecular complexity index is 25.6.